The molecule has 2 N–H and O–H groups in total. The molecule has 12 heteroatoms. The number of hydrogen-bond donors (Lipinski definition) is 2. The molecule has 214 valence electrons. The number of carbonyl (C=O) groups excluding carboxylic acids is 1. The van der Waals surface area contributed by atoms with Crippen molar-refractivity contribution < 1.29 is 31.1 Å². The Hall–Kier alpha value is -3.27. The largest absolute Gasteiger partial charge is 0.495 e. The first kappa shape index (κ1) is 29.7. The lowest BCUT2D eigenvalue weighted by Gasteiger charge is -2.29. The summed E-state index contributed by atoms with van der Waals surface area (Å²) in [7, 11) is 0.0376. The smallest absolute Gasteiger partial charge is 0.393 e. The van der Waals surface area contributed by atoms with Gasteiger partial charge < -0.3 is 20.3 Å². The van der Waals surface area contributed by atoms with Crippen LogP contribution in [0.3, 0.4) is 0 Å². The first-order chi connectivity index (χ1) is 18.8. The Morgan fingerprint density at radius 1 is 1.20 bits per heavy atom. The van der Waals surface area contributed by atoms with Gasteiger partial charge in [-0.2, -0.15) is 13.2 Å². The van der Waals surface area contributed by atoms with Crippen molar-refractivity contribution >= 4 is 42.9 Å². The van der Waals surface area contributed by atoms with Crippen molar-refractivity contribution in [2.45, 2.75) is 36.4 Å². The second-order valence-corrected chi connectivity index (χ2v) is 12.7. The molecule has 0 bridgehead atoms. The highest BCUT2D eigenvalue weighted by Gasteiger charge is 2.30. The highest BCUT2D eigenvalue weighted by Crippen LogP contribution is 2.34. The van der Waals surface area contributed by atoms with E-state index < -0.39 is 22.4 Å². The van der Waals surface area contributed by atoms with Gasteiger partial charge in [0.1, 0.15) is 5.75 Å². The highest BCUT2D eigenvalue weighted by molar-refractivity contribution is 7.90. The number of anilines is 1. The molecule has 0 aliphatic carbocycles. The highest BCUT2D eigenvalue weighted by atomic mass is 32.2. The van der Waals surface area contributed by atoms with Crippen LogP contribution in [0.5, 0.6) is 5.75 Å². The molecule has 40 heavy (non-hydrogen) atoms. The number of ether oxygens (including phenoxy) is 1. The van der Waals surface area contributed by atoms with Crippen LogP contribution in [0.2, 0.25) is 0 Å². The van der Waals surface area contributed by atoms with Gasteiger partial charge in [0, 0.05) is 28.6 Å². The van der Waals surface area contributed by atoms with Crippen molar-refractivity contribution in [1.29, 1.82) is 0 Å². The lowest BCUT2D eigenvalue weighted by atomic mass is 10.0. The number of hydrogen-bond acceptors (Lipinski definition) is 7. The molecule has 1 fully saturated rings. The van der Waals surface area contributed by atoms with Crippen molar-refractivity contribution in [2.75, 3.05) is 45.4 Å². The molecule has 3 aromatic rings. The quantitative estimate of drug-likeness (QED) is 0.386. The molecule has 1 aromatic heterocycles. The first-order valence-corrected chi connectivity index (χ1v) is 15.3. The average molecular weight is 594 g/mol. The van der Waals surface area contributed by atoms with E-state index in [1.165, 1.54) is 24.6 Å². The van der Waals surface area contributed by atoms with E-state index in [2.05, 4.69) is 27.4 Å². The van der Waals surface area contributed by atoms with E-state index in [1.54, 1.807) is 18.2 Å². The van der Waals surface area contributed by atoms with Gasteiger partial charge in [0.2, 0.25) is 0 Å². The third-order valence-corrected chi connectivity index (χ3v) is 8.83. The molecule has 0 spiro atoms. The number of benzene rings is 2. The van der Waals surface area contributed by atoms with E-state index in [4.69, 9.17) is 4.74 Å². The van der Waals surface area contributed by atoms with Gasteiger partial charge in [-0.25, -0.2) is 8.42 Å². The number of rotatable bonds is 7. The maximum absolute atomic E-state index is 13.3. The van der Waals surface area contributed by atoms with Crippen molar-refractivity contribution in [1.82, 2.24) is 10.2 Å². The van der Waals surface area contributed by atoms with Crippen molar-refractivity contribution in [3.8, 4) is 17.6 Å². The summed E-state index contributed by atoms with van der Waals surface area (Å²) in [6, 6.07) is 7.64. The van der Waals surface area contributed by atoms with E-state index in [0.29, 0.717) is 32.6 Å². The lowest BCUT2D eigenvalue weighted by molar-refractivity contribution is -0.126. The molecule has 1 aliphatic heterocycles. The van der Waals surface area contributed by atoms with Gasteiger partial charge >= 0.3 is 6.18 Å². The Balaban J connectivity index is 1.60. The van der Waals surface area contributed by atoms with E-state index >= 15 is 0 Å². The monoisotopic (exact) mass is 593 g/mol. The number of fused-ring (bicyclic) bond motifs is 1. The van der Waals surface area contributed by atoms with Crippen LogP contribution < -0.4 is 15.4 Å². The van der Waals surface area contributed by atoms with Crippen LogP contribution in [-0.4, -0.2) is 71.5 Å². The predicted octanol–water partition coefficient (Wildman–Crippen LogP) is 4.71. The summed E-state index contributed by atoms with van der Waals surface area (Å²) in [6.07, 6.45) is -2.77. The number of halogens is 3. The summed E-state index contributed by atoms with van der Waals surface area (Å²) in [5.41, 5.74) is 1.37. The fraction of sp³-hybridized carbons (Fsp3) is 0.393. The molecule has 1 aliphatic rings. The fourth-order valence-electron chi connectivity index (χ4n) is 4.53. The van der Waals surface area contributed by atoms with Crippen LogP contribution in [-0.2, 0) is 16.3 Å². The molecular weight excluding hydrogens is 563 g/mol. The summed E-state index contributed by atoms with van der Waals surface area (Å²) < 4.78 is 69.2. The number of piperidine rings is 1. The molecule has 2 heterocycles. The standard InChI is InChI=1S/C28H30F3N3O4S2/c1-34-11-8-20(9-12-34)33-27(35)23-14-18(13-22-19(16-28(29,30)31)17-39-26(22)23)5-4-10-32-24-7-6-21(40(3,36)37)15-25(24)38-2/h6-7,13-15,17,20,32H,8-12,16H2,1-3H3,(H,33,35). The average Bonchev–Trinajstić information content (AvgIpc) is 3.27. The zero-order chi connectivity index (χ0) is 29.1. The number of likely N-dealkylation sites (tertiary alicyclic amines) is 1. The number of nitrogens with zero attached hydrogens (tertiary/aromatic N) is 1. The maximum atomic E-state index is 13.3. The number of methoxy groups -OCH3 is 1. The molecule has 0 unspecified atom stereocenters. The molecule has 1 saturated heterocycles. The van der Waals surface area contributed by atoms with Crippen molar-refractivity contribution in [2.24, 2.45) is 0 Å². The molecule has 4 rings (SSSR count). The first-order valence-electron chi connectivity index (χ1n) is 12.5. The van der Waals surface area contributed by atoms with Crippen LogP contribution in [0.15, 0.2) is 40.6 Å². The van der Waals surface area contributed by atoms with Crippen molar-refractivity contribution in [3.05, 3.63) is 52.4 Å². The SMILES string of the molecule is COc1cc(S(C)(=O)=O)ccc1NCC#Cc1cc(C(=O)NC2CCN(C)CC2)c2scc(CC(F)(F)F)c2c1. The summed E-state index contributed by atoms with van der Waals surface area (Å²) in [6.45, 7) is 1.85. The van der Waals surface area contributed by atoms with E-state index in [0.717, 1.165) is 43.5 Å². The summed E-state index contributed by atoms with van der Waals surface area (Å²) >= 11 is 1.13. The Labute approximate surface area is 235 Å². The van der Waals surface area contributed by atoms with E-state index in [1.807, 2.05) is 7.05 Å². The summed E-state index contributed by atoms with van der Waals surface area (Å²) in [5.74, 6) is 5.89. The van der Waals surface area contributed by atoms with Crippen LogP contribution in [0, 0.1) is 11.8 Å². The van der Waals surface area contributed by atoms with Gasteiger partial charge in [-0.1, -0.05) is 11.8 Å². The molecule has 1 amide bonds. The number of alkyl halides is 3. The topological polar surface area (TPSA) is 87.7 Å². The van der Waals surface area contributed by atoms with Crippen molar-refractivity contribution in [3.63, 3.8) is 0 Å². The minimum absolute atomic E-state index is 0.00337. The number of nitrogens with one attached hydrogen (secondary N) is 2. The Bertz CT molecular complexity index is 1570. The third kappa shape index (κ3) is 7.47. The molecular formula is C28H30F3N3O4S2. The Morgan fingerprint density at radius 3 is 2.58 bits per heavy atom. The zero-order valence-corrected chi connectivity index (χ0v) is 23.9. The third-order valence-electron chi connectivity index (χ3n) is 6.64. The van der Waals surface area contributed by atoms with Gasteiger partial charge in [0.25, 0.3) is 5.91 Å². The van der Waals surface area contributed by atoms with Crippen LogP contribution in [0.1, 0.15) is 34.3 Å². The molecule has 0 atom stereocenters. The van der Waals surface area contributed by atoms with Crippen LogP contribution >= 0.6 is 11.3 Å². The minimum Gasteiger partial charge on any atom is -0.495 e. The Kier molecular flexibility index (Phi) is 8.97. The number of thiophene rings is 1. The molecule has 2 aromatic carbocycles. The summed E-state index contributed by atoms with van der Waals surface area (Å²) in [4.78, 5) is 15.6. The molecule has 0 radical (unpaired) electrons. The fourth-order valence-corrected chi connectivity index (χ4v) is 6.23. The summed E-state index contributed by atoms with van der Waals surface area (Å²) in [5, 5.41) is 7.93. The number of amides is 1. The second-order valence-electron chi connectivity index (χ2n) is 9.79. The van der Waals surface area contributed by atoms with E-state index in [-0.39, 0.29) is 29.0 Å². The van der Waals surface area contributed by atoms with Gasteiger partial charge in [0.05, 0.1) is 36.2 Å². The van der Waals surface area contributed by atoms with Gasteiger partial charge in [-0.05, 0) is 73.6 Å². The van der Waals surface area contributed by atoms with Gasteiger partial charge in [-0.3, -0.25) is 4.79 Å². The van der Waals surface area contributed by atoms with E-state index in [9.17, 15) is 26.4 Å². The van der Waals surface area contributed by atoms with Crippen LogP contribution in [0.4, 0.5) is 18.9 Å². The lowest BCUT2D eigenvalue weighted by Crippen LogP contribution is -2.43. The number of carbonyl (C=O) groups is 1. The normalized spacial score (nSPS) is 14.9. The number of sulfone groups is 1. The van der Waals surface area contributed by atoms with Crippen LogP contribution in [0.25, 0.3) is 10.1 Å². The maximum Gasteiger partial charge on any atom is 0.393 e. The minimum atomic E-state index is -4.39. The Morgan fingerprint density at radius 2 is 1.93 bits per heavy atom. The second kappa shape index (κ2) is 12.1. The zero-order valence-electron chi connectivity index (χ0n) is 22.3. The molecule has 0 saturated carbocycles. The van der Waals surface area contributed by atoms with Gasteiger partial charge in [0.15, 0.2) is 9.84 Å². The molecule has 7 nitrogen and oxygen atoms in total. The van der Waals surface area contributed by atoms with Gasteiger partial charge in [-0.15, -0.1) is 11.3 Å². The predicted molar refractivity (Wildman–Crippen MR) is 151 cm³/mol.